The van der Waals surface area contributed by atoms with Crippen LogP contribution in [-0.2, 0) is 4.79 Å². The number of amides is 1. The van der Waals surface area contributed by atoms with Gasteiger partial charge < -0.3 is 14.8 Å². The largest absolute Gasteiger partial charge is 0.497 e. The highest BCUT2D eigenvalue weighted by atomic mass is 35.5. The van der Waals surface area contributed by atoms with Crippen LogP contribution in [0.1, 0.15) is 18.1 Å². The van der Waals surface area contributed by atoms with Gasteiger partial charge in [-0.25, -0.2) is 5.43 Å². The summed E-state index contributed by atoms with van der Waals surface area (Å²) in [5, 5.41) is 7.86. The normalized spacial score (nSPS) is 11.0. The lowest BCUT2D eigenvalue weighted by molar-refractivity contribution is -0.119. The maximum Gasteiger partial charge on any atom is 0.259 e. The Hall–Kier alpha value is -2.73. The van der Waals surface area contributed by atoms with Gasteiger partial charge in [0.2, 0.25) is 0 Å². The lowest BCUT2D eigenvalue weighted by Gasteiger charge is -2.11. The molecule has 2 rings (SSSR count). The third-order valence-electron chi connectivity index (χ3n) is 3.77. The van der Waals surface area contributed by atoms with Crippen LogP contribution < -0.4 is 20.2 Å². The first-order chi connectivity index (χ1) is 12.4. The van der Waals surface area contributed by atoms with Crippen molar-refractivity contribution in [3.8, 4) is 11.5 Å². The van der Waals surface area contributed by atoms with Crippen molar-refractivity contribution in [1.82, 2.24) is 5.43 Å². The molecule has 138 valence electrons. The number of rotatable bonds is 7. The minimum atomic E-state index is -0.258. The molecule has 0 saturated heterocycles. The summed E-state index contributed by atoms with van der Waals surface area (Å²) in [7, 11) is 3.16. The molecule has 0 heterocycles. The molecule has 6 nitrogen and oxygen atoms in total. The number of nitrogens with one attached hydrogen (secondary N) is 2. The highest BCUT2D eigenvalue weighted by Gasteiger charge is 2.09. The fraction of sp³-hybridized carbons (Fsp3) is 0.263. The Kier molecular flexibility index (Phi) is 6.86. The summed E-state index contributed by atoms with van der Waals surface area (Å²) in [6.45, 7) is 3.81. The zero-order valence-corrected chi connectivity index (χ0v) is 16.0. The number of benzene rings is 2. The molecule has 1 amide bonds. The minimum absolute atomic E-state index is 0.0962. The Morgan fingerprint density at radius 3 is 2.58 bits per heavy atom. The number of nitrogens with zero attached hydrogens (tertiary/aromatic N) is 1. The number of halogens is 1. The number of carbonyl (C=O) groups excluding carboxylic acids is 1. The van der Waals surface area contributed by atoms with Crippen LogP contribution in [0.2, 0.25) is 5.02 Å². The van der Waals surface area contributed by atoms with E-state index in [4.69, 9.17) is 21.1 Å². The molecule has 0 aromatic heterocycles. The van der Waals surface area contributed by atoms with Crippen molar-refractivity contribution in [2.24, 2.45) is 5.10 Å². The molecule has 2 aromatic carbocycles. The van der Waals surface area contributed by atoms with Crippen LogP contribution in [0.3, 0.4) is 0 Å². The molecule has 0 aliphatic rings. The number of ether oxygens (including phenoxy) is 2. The maximum absolute atomic E-state index is 12.0. The van der Waals surface area contributed by atoms with Gasteiger partial charge in [-0.15, -0.1) is 0 Å². The van der Waals surface area contributed by atoms with E-state index in [9.17, 15) is 4.79 Å². The zero-order valence-electron chi connectivity index (χ0n) is 15.2. The van der Waals surface area contributed by atoms with Crippen LogP contribution in [0.15, 0.2) is 41.5 Å². The third kappa shape index (κ3) is 5.13. The van der Waals surface area contributed by atoms with Gasteiger partial charge in [0.1, 0.15) is 11.5 Å². The van der Waals surface area contributed by atoms with E-state index in [0.717, 1.165) is 16.8 Å². The van der Waals surface area contributed by atoms with Gasteiger partial charge in [0, 0.05) is 22.3 Å². The second-order valence-corrected chi connectivity index (χ2v) is 6.05. The van der Waals surface area contributed by atoms with Crippen molar-refractivity contribution in [2.75, 3.05) is 26.1 Å². The molecule has 2 aromatic rings. The standard InChI is InChI=1S/C19H22ClN3O3/c1-12-9-14(20)5-8-17(12)21-11-19(24)23-22-13(2)16-7-6-15(25-3)10-18(16)26-4/h5-10,21H,11H2,1-4H3,(H,23,24)/b22-13+. The highest BCUT2D eigenvalue weighted by molar-refractivity contribution is 6.30. The number of carbonyl (C=O) groups is 1. The Morgan fingerprint density at radius 2 is 1.92 bits per heavy atom. The molecular formula is C19H22ClN3O3. The molecule has 7 heteroatoms. The average Bonchev–Trinajstić information content (AvgIpc) is 2.64. The van der Waals surface area contributed by atoms with Gasteiger partial charge in [-0.05, 0) is 49.7 Å². The van der Waals surface area contributed by atoms with Crippen LogP contribution in [0, 0.1) is 6.92 Å². The number of hydrogen-bond acceptors (Lipinski definition) is 5. The van der Waals surface area contributed by atoms with E-state index in [1.165, 1.54) is 0 Å². The SMILES string of the molecule is COc1ccc(/C(C)=N/NC(=O)CNc2ccc(Cl)cc2C)c(OC)c1. The van der Waals surface area contributed by atoms with Crippen molar-refractivity contribution in [1.29, 1.82) is 0 Å². The molecule has 0 fully saturated rings. The summed E-state index contributed by atoms with van der Waals surface area (Å²) >= 11 is 5.92. The fourth-order valence-corrected chi connectivity index (χ4v) is 2.57. The van der Waals surface area contributed by atoms with E-state index in [1.807, 2.05) is 31.2 Å². The van der Waals surface area contributed by atoms with E-state index in [-0.39, 0.29) is 12.5 Å². The second kappa shape index (κ2) is 9.10. The van der Waals surface area contributed by atoms with Gasteiger partial charge in [-0.1, -0.05) is 11.6 Å². The van der Waals surface area contributed by atoms with E-state index in [2.05, 4.69) is 15.8 Å². The smallest absolute Gasteiger partial charge is 0.259 e. The topological polar surface area (TPSA) is 72.0 Å². The monoisotopic (exact) mass is 375 g/mol. The summed E-state index contributed by atoms with van der Waals surface area (Å²) < 4.78 is 10.5. The Morgan fingerprint density at radius 1 is 1.15 bits per heavy atom. The van der Waals surface area contributed by atoms with Gasteiger partial charge in [0.15, 0.2) is 0 Å². The van der Waals surface area contributed by atoms with Gasteiger partial charge in [0.25, 0.3) is 5.91 Å². The Labute approximate surface area is 158 Å². The predicted octanol–water partition coefficient (Wildman–Crippen LogP) is 3.62. The lowest BCUT2D eigenvalue weighted by atomic mass is 10.1. The average molecular weight is 376 g/mol. The molecule has 0 atom stereocenters. The quantitative estimate of drug-likeness (QED) is 0.572. The number of methoxy groups -OCH3 is 2. The molecular weight excluding hydrogens is 354 g/mol. The summed E-state index contributed by atoms with van der Waals surface area (Å²) in [5.41, 5.74) is 5.75. The lowest BCUT2D eigenvalue weighted by Crippen LogP contribution is -2.27. The fourth-order valence-electron chi connectivity index (χ4n) is 2.34. The number of aryl methyl sites for hydroxylation is 1. The summed E-state index contributed by atoms with van der Waals surface area (Å²) in [6, 6.07) is 10.8. The van der Waals surface area contributed by atoms with E-state index in [0.29, 0.717) is 22.2 Å². The third-order valence-corrected chi connectivity index (χ3v) is 4.01. The Bertz CT molecular complexity index is 822. The molecule has 0 spiro atoms. The first-order valence-electron chi connectivity index (χ1n) is 8.00. The van der Waals surface area contributed by atoms with Crippen molar-refractivity contribution in [2.45, 2.75) is 13.8 Å². The predicted molar refractivity (Wildman–Crippen MR) is 105 cm³/mol. The van der Waals surface area contributed by atoms with Crippen molar-refractivity contribution in [3.05, 3.63) is 52.5 Å². The summed E-state index contributed by atoms with van der Waals surface area (Å²) in [4.78, 5) is 12.0. The van der Waals surface area contributed by atoms with Gasteiger partial charge in [-0.2, -0.15) is 5.10 Å². The van der Waals surface area contributed by atoms with Crippen LogP contribution in [0.5, 0.6) is 11.5 Å². The molecule has 0 saturated carbocycles. The van der Waals surface area contributed by atoms with Crippen LogP contribution in [0.25, 0.3) is 0 Å². The molecule has 2 N–H and O–H groups in total. The number of hydrogen-bond donors (Lipinski definition) is 2. The highest BCUT2D eigenvalue weighted by Crippen LogP contribution is 2.25. The maximum atomic E-state index is 12.0. The molecule has 0 unspecified atom stereocenters. The first-order valence-corrected chi connectivity index (χ1v) is 8.38. The van der Waals surface area contributed by atoms with Crippen molar-refractivity contribution < 1.29 is 14.3 Å². The van der Waals surface area contributed by atoms with E-state index in [1.54, 1.807) is 33.3 Å². The molecule has 0 aliphatic heterocycles. The van der Waals surface area contributed by atoms with Crippen molar-refractivity contribution in [3.63, 3.8) is 0 Å². The minimum Gasteiger partial charge on any atom is -0.497 e. The number of hydrazone groups is 1. The van der Waals surface area contributed by atoms with Crippen molar-refractivity contribution >= 4 is 28.9 Å². The van der Waals surface area contributed by atoms with Gasteiger partial charge in [0.05, 0.1) is 26.5 Å². The van der Waals surface area contributed by atoms with Crippen LogP contribution in [0.4, 0.5) is 5.69 Å². The van der Waals surface area contributed by atoms with Gasteiger partial charge >= 0.3 is 0 Å². The first kappa shape index (κ1) is 19.6. The van der Waals surface area contributed by atoms with E-state index >= 15 is 0 Å². The molecule has 0 bridgehead atoms. The van der Waals surface area contributed by atoms with Gasteiger partial charge in [-0.3, -0.25) is 4.79 Å². The van der Waals surface area contributed by atoms with Crippen LogP contribution in [-0.4, -0.2) is 32.4 Å². The second-order valence-electron chi connectivity index (χ2n) is 5.61. The zero-order chi connectivity index (χ0) is 19.1. The molecule has 0 aliphatic carbocycles. The molecule has 0 radical (unpaired) electrons. The molecule has 26 heavy (non-hydrogen) atoms. The Balaban J connectivity index is 1.98. The van der Waals surface area contributed by atoms with Crippen LogP contribution >= 0.6 is 11.6 Å². The number of anilines is 1. The summed E-state index contributed by atoms with van der Waals surface area (Å²) in [5.74, 6) is 1.05. The van der Waals surface area contributed by atoms with E-state index < -0.39 is 0 Å². The summed E-state index contributed by atoms with van der Waals surface area (Å²) in [6.07, 6.45) is 0.